The van der Waals surface area contributed by atoms with E-state index in [-0.39, 0.29) is 11.6 Å². The van der Waals surface area contributed by atoms with Crippen molar-refractivity contribution in [3.05, 3.63) is 43.7 Å². The van der Waals surface area contributed by atoms with Gasteiger partial charge in [0.1, 0.15) is 9.90 Å². The van der Waals surface area contributed by atoms with Gasteiger partial charge in [-0.2, -0.15) is 0 Å². The number of nitrogens with zero attached hydrogens (tertiary/aromatic N) is 2. The lowest BCUT2D eigenvalue weighted by Gasteiger charge is -2.28. The predicted octanol–water partition coefficient (Wildman–Crippen LogP) is 1.67. The molecule has 0 aliphatic heterocycles. The van der Waals surface area contributed by atoms with Crippen molar-refractivity contribution in [2.75, 3.05) is 0 Å². The van der Waals surface area contributed by atoms with Crippen molar-refractivity contribution >= 4 is 29.0 Å². The Bertz CT molecular complexity index is 878. The summed E-state index contributed by atoms with van der Waals surface area (Å²) in [5.41, 5.74) is -0.159. The maximum atomic E-state index is 12.3. The molecule has 1 aliphatic carbocycles. The summed E-state index contributed by atoms with van der Waals surface area (Å²) in [5.74, 6) is -0.427. The molecule has 0 spiro atoms. The van der Waals surface area contributed by atoms with Gasteiger partial charge in [0.05, 0.1) is 0 Å². The Labute approximate surface area is 152 Å². The van der Waals surface area contributed by atoms with E-state index in [1.807, 2.05) is 18.7 Å². The summed E-state index contributed by atoms with van der Waals surface area (Å²) in [4.78, 5) is 42.1. The molecule has 25 heavy (non-hydrogen) atoms. The van der Waals surface area contributed by atoms with E-state index in [0.29, 0.717) is 5.25 Å². The van der Waals surface area contributed by atoms with Crippen LogP contribution in [0, 0.1) is 6.92 Å². The van der Waals surface area contributed by atoms with E-state index in [1.54, 1.807) is 11.3 Å². The summed E-state index contributed by atoms with van der Waals surface area (Å²) in [6, 6.07) is 0.0546. The molecule has 2 aromatic rings. The number of carbonyl (C=O) groups is 1. The van der Waals surface area contributed by atoms with Gasteiger partial charge in [0.15, 0.2) is 0 Å². The van der Waals surface area contributed by atoms with Gasteiger partial charge in [0, 0.05) is 35.6 Å². The molecule has 1 fully saturated rings. The Balaban J connectivity index is 1.55. The predicted molar refractivity (Wildman–Crippen MR) is 98.5 cm³/mol. The molecule has 7 nitrogen and oxygen atoms in total. The van der Waals surface area contributed by atoms with Crippen molar-refractivity contribution in [3.63, 3.8) is 0 Å². The first-order valence-corrected chi connectivity index (χ1v) is 9.88. The van der Waals surface area contributed by atoms with Crippen LogP contribution in [0.15, 0.2) is 25.5 Å². The van der Waals surface area contributed by atoms with Gasteiger partial charge in [0.2, 0.25) is 0 Å². The zero-order valence-corrected chi connectivity index (χ0v) is 15.7. The number of rotatable bonds is 4. The van der Waals surface area contributed by atoms with Gasteiger partial charge < -0.3 is 9.88 Å². The molecule has 0 saturated heterocycles. The van der Waals surface area contributed by atoms with Crippen LogP contribution in [-0.2, 0) is 7.05 Å². The Morgan fingerprint density at radius 1 is 1.36 bits per heavy atom. The molecule has 0 radical (unpaired) electrons. The number of hydrogen-bond acceptors (Lipinski definition) is 6. The van der Waals surface area contributed by atoms with Gasteiger partial charge in [0.25, 0.3) is 11.5 Å². The van der Waals surface area contributed by atoms with E-state index in [9.17, 15) is 14.4 Å². The highest BCUT2D eigenvalue weighted by molar-refractivity contribution is 8.01. The van der Waals surface area contributed by atoms with E-state index in [4.69, 9.17) is 0 Å². The molecule has 1 aliphatic rings. The van der Waals surface area contributed by atoms with Crippen molar-refractivity contribution in [2.24, 2.45) is 7.05 Å². The number of aromatic amines is 1. The Kier molecular flexibility index (Phi) is 5.43. The number of H-pyrrole nitrogens is 1. The molecule has 1 saturated carbocycles. The van der Waals surface area contributed by atoms with E-state index in [2.05, 4.69) is 20.7 Å². The molecule has 2 aromatic heterocycles. The number of hydrogen-bond donors (Lipinski definition) is 2. The second-order valence-electron chi connectivity index (χ2n) is 6.23. The molecule has 0 atom stereocenters. The van der Waals surface area contributed by atoms with Gasteiger partial charge in [-0.1, -0.05) is 11.8 Å². The molecule has 134 valence electrons. The maximum Gasteiger partial charge on any atom is 0.328 e. The van der Waals surface area contributed by atoms with Crippen LogP contribution in [0.25, 0.3) is 0 Å². The highest BCUT2D eigenvalue weighted by atomic mass is 32.2. The number of nitrogens with one attached hydrogen (secondary N) is 2. The average molecular weight is 380 g/mol. The normalized spacial score (nSPS) is 20.4. The molecule has 0 aromatic carbocycles. The van der Waals surface area contributed by atoms with Crippen molar-refractivity contribution in [2.45, 2.75) is 48.2 Å². The molecular formula is C16H20N4O3S2. The third-order valence-corrected chi connectivity index (χ3v) is 6.65. The van der Waals surface area contributed by atoms with E-state index in [0.717, 1.165) is 35.7 Å². The number of aromatic nitrogens is 3. The molecule has 2 heterocycles. The minimum absolute atomic E-state index is 0.0307. The Hall–Kier alpha value is -1.87. The molecule has 0 unspecified atom stereocenters. The largest absolute Gasteiger partial charge is 0.349 e. The summed E-state index contributed by atoms with van der Waals surface area (Å²) in [7, 11) is 1.50. The summed E-state index contributed by atoms with van der Waals surface area (Å²) < 4.78 is 2.29. The lowest BCUT2D eigenvalue weighted by atomic mass is 9.95. The number of amides is 1. The van der Waals surface area contributed by atoms with Crippen LogP contribution < -0.4 is 16.6 Å². The molecule has 2 N–H and O–H groups in total. The summed E-state index contributed by atoms with van der Waals surface area (Å²) in [5, 5.41) is 5.48. The fourth-order valence-electron chi connectivity index (χ4n) is 2.84. The van der Waals surface area contributed by atoms with Gasteiger partial charge in [-0.15, -0.1) is 11.3 Å². The van der Waals surface area contributed by atoms with Crippen molar-refractivity contribution in [1.29, 1.82) is 0 Å². The van der Waals surface area contributed by atoms with Crippen molar-refractivity contribution in [3.8, 4) is 0 Å². The van der Waals surface area contributed by atoms with Crippen LogP contribution >= 0.6 is 23.1 Å². The second kappa shape index (κ2) is 7.57. The number of carbonyl (C=O) groups excluding carboxylic acids is 1. The molecular weight excluding hydrogens is 360 g/mol. The summed E-state index contributed by atoms with van der Waals surface area (Å²) >= 11 is 3.48. The fraction of sp³-hybridized carbons (Fsp3) is 0.500. The highest BCUT2D eigenvalue weighted by Gasteiger charge is 2.25. The number of aryl methyl sites for hydroxylation is 2. The minimum atomic E-state index is -0.649. The molecule has 9 heteroatoms. The van der Waals surface area contributed by atoms with Crippen LogP contribution in [0.3, 0.4) is 0 Å². The molecule has 3 rings (SSSR count). The van der Waals surface area contributed by atoms with Crippen LogP contribution in [-0.4, -0.2) is 31.7 Å². The summed E-state index contributed by atoms with van der Waals surface area (Å²) in [6.45, 7) is 1.99. The maximum absolute atomic E-state index is 12.3. The molecule has 0 bridgehead atoms. The monoisotopic (exact) mass is 380 g/mol. The Morgan fingerprint density at radius 3 is 2.72 bits per heavy atom. The highest BCUT2D eigenvalue weighted by Crippen LogP contribution is 2.35. The third kappa shape index (κ3) is 4.40. The van der Waals surface area contributed by atoms with Crippen molar-refractivity contribution < 1.29 is 4.79 Å². The average Bonchev–Trinajstić information content (AvgIpc) is 2.97. The van der Waals surface area contributed by atoms with Crippen LogP contribution in [0.4, 0.5) is 0 Å². The zero-order valence-electron chi connectivity index (χ0n) is 14.1. The first-order valence-electron chi connectivity index (χ1n) is 8.12. The fourth-order valence-corrected chi connectivity index (χ4v) is 5.13. The van der Waals surface area contributed by atoms with Gasteiger partial charge in [-0.25, -0.2) is 9.78 Å². The lowest BCUT2D eigenvalue weighted by molar-refractivity contribution is 0.0925. The van der Waals surface area contributed by atoms with E-state index < -0.39 is 17.2 Å². The third-order valence-electron chi connectivity index (χ3n) is 4.23. The van der Waals surface area contributed by atoms with E-state index in [1.165, 1.54) is 17.8 Å². The first-order chi connectivity index (χ1) is 11.9. The summed E-state index contributed by atoms with van der Waals surface area (Å²) in [6.07, 6.45) is 5.02. The SMILES string of the molecule is Cc1csc(SC2CCC(NC(=O)c3cn(C)c(=O)[nH]c3=O)CC2)n1. The zero-order chi connectivity index (χ0) is 18.0. The number of thioether (sulfide) groups is 1. The van der Waals surface area contributed by atoms with Crippen LogP contribution in [0.5, 0.6) is 0 Å². The minimum Gasteiger partial charge on any atom is -0.349 e. The van der Waals surface area contributed by atoms with Gasteiger partial charge in [-0.05, 0) is 32.6 Å². The standard InChI is InChI=1S/C16H20N4O3S2/c1-9-8-24-16(17-9)25-11-5-3-10(4-6-11)18-13(21)12-7-20(2)15(23)19-14(12)22/h7-8,10-11H,3-6H2,1-2H3,(H,18,21)(H,19,22,23). The first kappa shape index (κ1) is 17.9. The topological polar surface area (TPSA) is 96.9 Å². The van der Waals surface area contributed by atoms with Crippen LogP contribution in [0.1, 0.15) is 41.7 Å². The smallest absolute Gasteiger partial charge is 0.328 e. The van der Waals surface area contributed by atoms with Gasteiger partial charge in [-0.3, -0.25) is 14.6 Å². The number of thiazole rings is 1. The lowest BCUT2D eigenvalue weighted by Crippen LogP contribution is -2.42. The van der Waals surface area contributed by atoms with E-state index >= 15 is 0 Å². The van der Waals surface area contributed by atoms with Crippen LogP contribution in [0.2, 0.25) is 0 Å². The van der Waals surface area contributed by atoms with Crippen molar-refractivity contribution in [1.82, 2.24) is 19.9 Å². The Morgan fingerprint density at radius 2 is 2.08 bits per heavy atom. The quantitative estimate of drug-likeness (QED) is 0.841. The molecule has 1 amide bonds. The van der Waals surface area contributed by atoms with Gasteiger partial charge >= 0.3 is 5.69 Å². The second-order valence-corrected chi connectivity index (χ2v) is 8.64.